The molecular formula is C6H7ClO3. The van der Waals surface area contributed by atoms with E-state index in [1.54, 1.807) is 0 Å². The van der Waals surface area contributed by atoms with E-state index in [9.17, 15) is 9.59 Å². The lowest BCUT2D eigenvalue weighted by atomic mass is 10.2. The first-order chi connectivity index (χ1) is 4.57. The first kappa shape index (κ1) is 9.17. The number of hydrogen-bond donors (Lipinski definition) is 1. The van der Waals surface area contributed by atoms with Crippen LogP contribution in [0.25, 0.3) is 0 Å². The van der Waals surface area contributed by atoms with Gasteiger partial charge < -0.3 is 5.11 Å². The van der Waals surface area contributed by atoms with E-state index in [1.165, 1.54) is 6.92 Å². The van der Waals surface area contributed by atoms with Crippen molar-refractivity contribution in [1.82, 2.24) is 0 Å². The molecule has 0 rings (SSSR count). The Kier molecular flexibility index (Phi) is 3.72. The maximum absolute atomic E-state index is 10.4. The Morgan fingerprint density at radius 1 is 1.60 bits per heavy atom. The second-order valence-corrected chi connectivity index (χ2v) is 2.04. The fourth-order valence-electron chi connectivity index (χ4n) is 0.429. The van der Waals surface area contributed by atoms with Gasteiger partial charge in [0, 0.05) is 12.0 Å². The van der Waals surface area contributed by atoms with Crippen molar-refractivity contribution in [2.45, 2.75) is 13.3 Å². The summed E-state index contributed by atoms with van der Waals surface area (Å²) in [7, 11) is 0. The van der Waals surface area contributed by atoms with Crippen LogP contribution in [0.5, 0.6) is 0 Å². The van der Waals surface area contributed by atoms with Gasteiger partial charge in [-0.15, -0.1) is 0 Å². The molecule has 0 fully saturated rings. The highest BCUT2D eigenvalue weighted by molar-refractivity contribution is 6.27. The maximum atomic E-state index is 10.4. The van der Waals surface area contributed by atoms with E-state index in [-0.39, 0.29) is 17.8 Å². The molecule has 0 aromatic rings. The molecule has 0 aliphatic carbocycles. The molecule has 0 unspecified atom stereocenters. The molecule has 4 heteroatoms. The van der Waals surface area contributed by atoms with Crippen LogP contribution < -0.4 is 0 Å². The van der Waals surface area contributed by atoms with Gasteiger partial charge in [0.25, 0.3) is 0 Å². The minimum absolute atomic E-state index is 0.0748. The summed E-state index contributed by atoms with van der Waals surface area (Å²) in [6.07, 6.45) is -0.112. The van der Waals surface area contributed by atoms with Crippen LogP contribution in [0.2, 0.25) is 0 Å². The Morgan fingerprint density at radius 3 is 2.20 bits per heavy atom. The Balaban J connectivity index is 4.12. The number of carbonyl (C=O) groups excluding carboxylic acids is 1. The quantitative estimate of drug-likeness (QED) is 0.634. The number of aliphatic carboxylic acids is 1. The van der Waals surface area contributed by atoms with E-state index in [0.717, 1.165) is 5.54 Å². The van der Waals surface area contributed by atoms with Gasteiger partial charge in [0.1, 0.15) is 5.78 Å². The van der Waals surface area contributed by atoms with Crippen LogP contribution in [0.15, 0.2) is 11.1 Å². The zero-order valence-electron chi connectivity index (χ0n) is 5.43. The van der Waals surface area contributed by atoms with Crippen molar-refractivity contribution in [3.05, 3.63) is 11.1 Å². The molecule has 0 saturated heterocycles. The SMILES string of the molecule is CC(=O)C/C(=C/Cl)C(=O)O. The highest BCUT2D eigenvalue weighted by Gasteiger charge is 2.07. The average Bonchev–Trinajstić information content (AvgIpc) is 1.81. The number of carbonyl (C=O) groups is 2. The maximum Gasteiger partial charge on any atom is 0.332 e. The van der Waals surface area contributed by atoms with Gasteiger partial charge in [0.05, 0.1) is 5.57 Å². The van der Waals surface area contributed by atoms with Gasteiger partial charge in [0.15, 0.2) is 0 Å². The molecule has 0 bridgehead atoms. The van der Waals surface area contributed by atoms with Gasteiger partial charge in [-0.2, -0.15) is 0 Å². The number of ketones is 1. The van der Waals surface area contributed by atoms with Gasteiger partial charge >= 0.3 is 5.97 Å². The van der Waals surface area contributed by atoms with Gasteiger partial charge in [-0.05, 0) is 6.92 Å². The van der Waals surface area contributed by atoms with Crippen LogP contribution in [0, 0.1) is 0 Å². The van der Waals surface area contributed by atoms with Crippen molar-refractivity contribution in [2.24, 2.45) is 0 Å². The largest absolute Gasteiger partial charge is 0.478 e. The van der Waals surface area contributed by atoms with Gasteiger partial charge in [-0.1, -0.05) is 11.6 Å². The number of hydrogen-bond acceptors (Lipinski definition) is 2. The van der Waals surface area contributed by atoms with E-state index in [2.05, 4.69) is 0 Å². The van der Waals surface area contributed by atoms with E-state index < -0.39 is 5.97 Å². The number of Topliss-reactive ketones (excluding diaryl/α,β-unsaturated/α-hetero) is 1. The Hall–Kier alpha value is -0.830. The molecule has 0 aliphatic rings. The Morgan fingerprint density at radius 2 is 2.10 bits per heavy atom. The topological polar surface area (TPSA) is 54.4 Å². The number of rotatable bonds is 3. The van der Waals surface area contributed by atoms with Gasteiger partial charge in [-0.25, -0.2) is 4.79 Å². The molecule has 0 spiro atoms. The summed E-state index contributed by atoms with van der Waals surface area (Å²) >= 11 is 5.11. The molecule has 3 nitrogen and oxygen atoms in total. The van der Waals surface area contributed by atoms with Crippen molar-refractivity contribution in [3.8, 4) is 0 Å². The fourth-order valence-corrected chi connectivity index (χ4v) is 0.600. The van der Waals surface area contributed by atoms with Crippen LogP contribution in [0.4, 0.5) is 0 Å². The van der Waals surface area contributed by atoms with Crippen LogP contribution in [0.1, 0.15) is 13.3 Å². The monoisotopic (exact) mass is 162 g/mol. The minimum atomic E-state index is -1.15. The summed E-state index contributed by atoms with van der Waals surface area (Å²) in [5.74, 6) is -1.36. The molecule has 0 aromatic heterocycles. The summed E-state index contributed by atoms with van der Waals surface area (Å²) in [5, 5.41) is 8.32. The summed E-state index contributed by atoms with van der Waals surface area (Å²) < 4.78 is 0. The third-order valence-corrected chi connectivity index (χ3v) is 1.11. The van der Waals surface area contributed by atoms with Crippen molar-refractivity contribution >= 4 is 23.4 Å². The highest BCUT2D eigenvalue weighted by atomic mass is 35.5. The van der Waals surface area contributed by atoms with Crippen molar-refractivity contribution in [1.29, 1.82) is 0 Å². The molecule has 0 aromatic carbocycles. The standard InChI is InChI=1S/C6H7ClO3/c1-4(8)2-5(3-7)6(9)10/h3H,2H2,1H3,(H,9,10)/b5-3-. The molecule has 0 aliphatic heterocycles. The number of carboxylic acid groups (broad SMARTS) is 1. The van der Waals surface area contributed by atoms with E-state index in [4.69, 9.17) is 16.7 Å². The zero-order chi connectivity index (χ0) is 8.15. The molecule has 0 radical (unpaired) electrons. The van der Waals surface area contributed by atoms with Crippen LogP contribution in [0.3, 0.4) is 0 Å². The van der Waals surface area contributed by atoms with Crippen LogP contribution in [-0.2, 0) is 9.59 Å². The Labute approximate surface area is 63.3 Å². The molecule has 0 saturated carbocycles. The second-order valence-electron chi connectivity index (χ2n) is 1.82. The fraction of sp³-hybridized carbons (Fsp3) is 0.333. The summed E-state index contributed by atoms with van der Waals surface area (Å²) in [6.45, 7) is 1.31. The molecule has 56 valence electrons. The van der Waals surface area contributed by atoms with E-state index >= 15 is 0 Å². The van der Waals surface area contributed by atoms with Gasteiger partial charge in [-0.3, -0.25) is 4.79 Å². The van der Waals surface area contributed by atoms with Crippen LogP contribution >= 0.6 is 11.6 Å². The first-order valence-corrected chi connectivity index (χ1v) is 3.03. The minimum Gasteiger partial charge on any atom is -0.478 e. The summed E-state index contributed by atoms with van der Waals surface area (Å²) in [6, 6.07) is 0. The number of carboxylic acids is 1. The van der Waals surface area contributed by atoms with Crippen LogP contribution in [-0.4, -0.2) is 16.9 Å². The second kappa shape index (κ2) is 4.06. The molecule has 0 heterocycles. The molecule has 0 amide bonds. The van der Waals surface area contributed by atoms with Crippen molar-refractivity contribution < 1.29 is 14.7 Å². The first-order valence-electron chi connectivity index (χ1n) is 2.60. The van der Waals surface area contributed by atoms with E-state index in [1.807, 2.05) is 0 Å². The average molecular weight is 163 g/mol. The summed E-state index contributed by atoms with van der Waals surface area (Å²) in [5.41, 5.74) is 0.832. The predicted octanol–water partition coefficient (Wildman–Crippen LogP) is 1.17. The van der Waals surface area contributed by atoms with Crippen molar-refractivity contribution in [3.63, 3.8) is 0 Å². The molecular weight excluding hydrogens is 156 g/mol. The number of halogens is 1. The molecule has 1 N–H and O–H groups in total. The zero-order valence-corrected chi connectivity index (χ0v) is 6.18. The molecule has 10 heavy (non-hydrogen) atoms. The van der Waals surface area contributed by atoms with Gasteiger partial charge in [0.2, 0.25) is 0 Å². The lowest BCUT2D eigenvalue weighted by molar-refractivity contribution is -0.133. The van der Waals surface area contributed by atoms with E-state index in [0.29, 0.717) is 0 Å². The predicted molar refractivity (Wildman–Crippen MR) is 36.9 cm³/mol. The smallest absolute Gasteiger partial charge is 0.332 e. The summed E-state index contributed by atoms with van der Waals surface area (Å²) in [4.78, 5) is 20.5. The normalized spacial score (nSPS) is 11.2. The lowest BCUT2D eigenvalue weighted by Crippen LogP contribution is -2.03. The third kappa shape index (κ3) is 3.25. The lowest BCUT2D eigenvalue weighted by Gasteiger charge is -1.93. The highest BCUT2D eigenvalue weighted by Crippen LogP contribution is 2.03. The molecule has 0 atom stereocenters. The Bertz CT molecular complexity index is 183. The van der Waals surface area contributed by atoms with Crippen molar-refractivity contribution in [2.75, 3.05) is 0 Å². The third-order valence-electron chi connectivity index (χ3n) is 0.846.